The van der Waals surface area contributed by atoms with Gasteiger partial charge in [-0.05, 0) is 42.9 Å². The number of hydrogen-bond donors (Lipinski definition) is 2. The highest BCUT2D eigenvalue weighted by Crippen LogP contribution is 2.25. The van der Waals surface area contributed by atoms with E-state index in [-0.39, 0.29) is 5.91 Å². The number of anilines is 1. The van der Waals surface area contributed by atoms with Gasteiger partial charge in [-0.3, -0.25) is 4.79 Å². The first-order chi connectivity index (χ1) is 10.2. The minimum absolute atomic E-state index is 0.0272. The summed E-state index contributed by atoms with van der Waals surface area (Å²) in [5, 5.41) is 6.34. The second-order valence-corrected chi connectivity index (χ2v) is 5.94. The SMILES string of the molecule is CC(C)COCCCNC(=O)c1cccc2c1CCCN2. The minimum Gasteiger partial charge on any atom is -0.385 e. The maximum atomic E-state index is 12.3. The summed E-state index contributed by atoms with van der Waals surface area (Å²) in [6, 6.07) is 5.90. The van der Waals surface area contributed by atoms with Crippen LogP contribution < -0.4 is 10.6 Å². The number of ether oxygens (including phenoxy) is 1. The summed E-state index contributed by atoms with van der Waals surface area (Å²) < 4.78 is 5.51. The number of amides is 1. The van der Waals surface area contributed by atoms with Gasteiger partial charge in [0.15, 0.2) is 0 Å². The van der Waals surface area contributed by atoms with Gasteiger partial charge in [-0.1, -0.05) is 19.9 Å². The molecule has 0 radical (unpaired) electrons. The second kappa shape index (κ2) is 8.03. The fraction of sp³-hybridized carbons (Fsp3) is 0.588. The van der Waals surface area contributed by atoms with E-state index in [1.165, 1.54) is 0 Å². The predicted octanol–water partition coefficient (Wildman–Crippen LogP) is 2.84. The molecule has 1 aliphatic rings. The standard InChI is InChI=1S/C17H26N2O2/c1-13(2)12-21-11-5-10-19-17(20)15-6-3-8-16-14(15)7-4-9-18-16/h3,6,8,13,18H,4-5,7,9-12H2,1-2H3,(H,19,20). The lowest BCUT2D eigenvalue weighted by atomic mass is 9.97. The van der Waals surface area contributed by atoms with Gasteiger partial charge in [0.2, 0.25) is 0 Å². The van der Waals surface area contributed by atoms with E-state index in [1.807, 2.05) is 18.2 Å². The van der Waals surface area contributed by atoms with Crippen LogP contribution in [0.3, 0.4) is 0 Å². The van der Waals surface area contributed by atoms with Crippen LogP contribution in [0, 0.1) is 5.92 Å². The number of carbonyl (C=O) groups is 1. The Labute approximate surface area is 127 Å². The molecule has 1 heterocycles. The number of fused-ring (bicyclic) bond motifs is 1. The fourth-order valence-corrected chi connectivity index (χ4v) is 2.51. The van der Waals surface area contributed by atoms with Gasteiger partial charge in [0.25, 0.3) is 5.91 Å². The van der Waals surface area contributed by atoms with Gasteiger partial charge >= 0.3 is 0 Å². The lowest BCUT2D eigenvalue weighted by Crippen LogP contribution is -2.27. The molecule has 1 amide bonds. The summed E-state index contributed by atoms with van der Waals surface area (Å²) in [5.41, 5.74) is 3.06. The van der Waals surface area contributed by atoms with Gasteiger partial charge in [-0.15, -0.1) is 0 Å². The first-order valence-corrected chi connectivity index (χ1v) is 7.90. The highest BCUT2D eigenvalue weighted by Gasteiger charge is 2.16. The van der Waals surface area contributed by atoms with Crippen LogP contribution in [0.1, 0.15) is 42.6 Å². The molecule has 1 aliphatic heterocycles. The first-order valence-electron chi connectivity index (χ1n) is 7.90. The molecule has 0 atom stereocenters. The van der Waals surface area contributed by atoms with Gasteiger partial charge in [0.1, 0.15) is 0 Å². The lowest BCUT2D eigenvalue weighted by Gasteiger charge is -2.20. The van der Waals surface area contributed by atoms with Crippen molar-refractivity contribution in [2.75, 3.05) is 31.6 Å². The summed E-state index contributed by atoms with van der Waals surface area (Å²) in [4.78, 5) is 12.3. The third kappa shape index (κ3) is 4.74. The molecule has 0 aliphatic carbocycles. The molecule has 0 saturated carbocycles. The molecule has 0 unspecified atom stereocenters. The van der Waals surface area contributed by atoms with Crippen molar-refractivity contribution in [2.45, 2.75) is 33.1 Å². The Balaban J connectivity index is 1.79. The second-order valence-electron chi connectivity index (χ2n) is 5.94. The van der Waals surface area contributed by atoms with Gasteiger partial charge in [0.05, 0.1) is 0 Å². The maximum absolute atomic E-state index is 12.3. The Morgan fingerprint density at radius 2 is 2.29 bits per heavy atom. The largest absolute Gasteiger partial charge is 0.385 e. The highest BCUT2D eigenvalue weighted by molar-refractivity contribution is 5.97. The van der Waals surface area contributed by atoms with Crippen LogP contribution in [0.5, 0.6) is 0 Å². The van der Waals surface area contributed by atoms with Crippen molar-refractivity contribution in [1.82, 2.24) is 5.32 Å². The summed E-state index contributed by atoms with van der Waals surface area (Å²) in [6.07, 6.45) is 2.91. The van der Waals surface area contributed by atoms with Gasteiger partial charge < -0.3 is 15.4 Å². The van der Waals surface area contributed by atoms with Crippen LogP contribution in [-0.2, 0) is 11.2 Å². The van der Waals surface area contributed by atoms with Crippen molar-refractivity contribution < 1.29 is 9.53 Å². The van der Waals surface area contributed by atoms with E-state index in [9.17, 15) is 4.79 Å². The van der Waals surface area contributed by atoms with Gasteiger partial charge in [0, 0.05) is 37.6 Å². The Bertz CT molecular complexity index is 472. The average molecular weight is 290 g/mol. The molecule has 0 bridgehead atoms. The molecule has 2 rings (SSSR count). The first kappa shape index (κ1) is 15.8. The summed E-state index contributed by atoms with van der Waals surface area (Å²) in [7, 11) is 0. The molecule has 116 valence electrons. The number of carbonyl (C=O) groups excluding carboxylic acids is 1. The topological polar surface area (TPSA) is 50.4 Å². The highest BCUT2D eigenvalue weighted by atomic mass is 16.5. The number of nitrogens with one attached hydrogen (secondary N) is 2. The van der Waals surface area contributed by atoms with Crippen molar-refractivity contribution in [3.8, 4) is 0 Å². The van der Waals surface area contributed by atoms with Crippen molar-refractivity contribution >= 4 is 11.6 Å². The van der Waals surface area contributed by atoms with Crippen molar-refractivity contribution in [3.63, 3.8) is 0 Å². The maximum Gasteiger partial charge on any atom is 0.251 e. The van der Waals surface area contributed by atoms with Crippen LogP contribution in [-0.4, -0.2) is 32.2 Å². The van der Waals surface area contributed by atoms with Crippen LogP contribution in [0.4, 0.5) is 5.69 Å². The molecular formula is C17H26N2O2. The smallest absolute Gasteiger partial charge is 0.251 e. The van der Waals surface area contributed by atoms with E-state index in [4.69, 9.17) is 4.74 Å². The molecule has 4 heteroatoms. The molecule has 0 spiro atoms. The molecule has 0 fully saturated rings. The zero-order valence-electron chi connectivity index (χ0n) is 13.1. The van der Waals surface area contributed by atoms with Gasteiger partial charge in [-0.2, -0.15) is 0 Å². The summed E-state index contributed by atoms with van der Waals surface area (Å²) >= 11 is 0. The van der Waals surface area contributed by atoms with Crippen LogP contribution in [0.15, 0.2) is 18.2 Å². The normalized spacial score (nSPS) is 13.7. The van der Waals surface area contributed by atoms with Gasteiger partial charge in [-0.25, -0.2) is 0 Å². The Hall–Kier alpha value is -1.55. The van der Waals surface area contributed by atoms with Crippen molar-refractivity contribution in [3.05, 3.63) is 29.3 Å². The number of rotatable bonds is 7. The van der Waals surface area contributed by atoms with E-state index < -0.39 is 0 Å². The zero-order valence-corrected chi connectivity index (χ0v) is 13.1. The molecule has 4 nitrogen and oxygen atoms in total. The molecule has 2 N–H and O–H groups in total. The Morgan fingerprint density at radius 3 is 3.10 bits per heavy atom. The lowest BCUT2D eigenvalue weighted by molar-refractivity contribution is 0.0924. The molecule has 1 aromatic carbocycles. The summed E-state index contributed by atoms with van der Waals surface area (Å²) in [6.45, 7) is 7.40. The predicted molar refractivity (Wildman–Crippen MR) is 85.9 cm³/mol. The quantitative estimate of drug-likeness (QED) is 0.759. The van der Waals surface area contributed by atoms with Crippen LogP contribution >= 0.6 is 0 Å². The van der Waals surface area contributed by atoms with E-state index in [1.54, 1.807) is 0 Å². The average Bonchev–Trinajstić information content (AvgIpc) is 2.49. The molecular weight excluding hydrogens is 264 g/mol. The molecule has 21 heavy (non-hydrogen) atoms. The summed E-state index contributed by atoms with van der Waals surface area (Å²) in [5.74, 6) is 0.586. The van der Waals surface area contributed by atoms with Crippen LogP contribution in [0.2, 0.25) is 0 Å². The number of benzene rings is 1. The number of hydrogen-bond acceptors (Lipinski definition) is 3. The Morgan fingerprint density at radius 1 is 1.43 bits per heavy atom. The fourth-order valence-electron chi connectivity index (χ4n) is 2.51. The minimum atomic E-state index is 0.0272. The molecule has 1 aromatic rings. The molecule has 0 saturated heterocycles. The van der Waals surface area contributed by atoms with Crippen LogP contribution in [0.25, 0.3) is 0 Å². The van der Waals surface area contributed by atoms with E-state index in [0.717, 1.165) is 49.2 Å². The monoisotopic (exact) mass is 290 g/mol. The van der Waals surface area contributed by atoms with Crippen molar-refractivity contribution in [2.24, 2.45) is 5.92 Å². The van der Waals surface area contributed by atoms with E-state index in [2.05, 4.69) is 24.5 Å². The van der Waals surface area contributed by atoms with E-state index >= 15 is 0 Å². The third-order valence-electron chi connectivity index (χ3n) is 3.54. The Kier molecular flexibility index (Phi) is 6.05. The zero-order chi connectivity index (χ0) is 15.1. The molecule has 0 aromatic heterocycles. The van der Waals surface area contributed by atoms with E-state index in [0.29, 0.717) is 19.1 Å². The third-order valence-corrected chi connectivity index (χ3v) is 3.54. The van der Waals surface area contributed by atoms with Crippen molar-refractivity contribution in [1.29, 1.82) is 0 Å².